The molecule has 0 bridgehead atoms. The van der Waals surface area contributed by atoms with Crippen LogP contribution in [0.2, 0.25) is 0 Å². The van der Waals surface area contributed by atoms with Gasteiger partial charge in [-0.25, -0.2) is 0 Å². The summed E-state index contributed by atoms with van der Waals surface area (Å²) in [6.45, 7) is 6.80. The zero-order valence-electron chi connectivity index (χ0n) is 14.6. The first kappa shape index (κ1) is 19.8. The van der Waals surface area contributed by atoms with E-state index in [1.165, 1.54) is 0 Å². The normalized spacial score (nSPS) is 17.7. The predicted octanol–water partition coefficient (Wildman–Crippen LogP) is 2.75. The van der Waals surface area contributed by atoms with Crippen molar-refractivity contribution in [3.05, 3.63) is 29.8 Å². The highest BCUT2D eigenvalue weighted by molar-refractivity contribution is 5.85. The Kier molecular flexibility index (Phi) is 7.36. The molecule has 2 rings (SSSR count). The van der Waals surface area contributed by atoms with Gasteiger partial charge in [0.2, 0.25) is 5.91 Å². The van der Waals surface area contributed by atoms with E-state index >= 15 is 0 Å². The maximum atomic E-state index is 12.9. The number of carbonyl (C=O) groups excluding carboxylic acids is 1. The van der Waals surface area contributed by atoms with Crippen LogP contribution in [0.1, 0.15) is 25.8 Å². The minimum absolute atomic E-state index is 0. The van der Waals surface area contributed by atoms with Gasteiger partial charge in [0.25, 0.3) is 0 Å². The molecule has 0 spiro atoms. The van der Waals surface area contributed by atoms with Crippen LogP contribution in [-0.2, 0) is 11.2 Å². The van der Waals surface area contributed by atoms with Crippen molar-refractivity contribution >= 4 is 18.3 Å². The number of likely N-dealkylation sites (tertiary alicyclic amines) is 1. The molecule has 0 aliphatic carbocycles. The van der Waals surface area contributed by atoms with Gasteiger partial charge in [0, 0.05) is 18.5 Å². The fraction of sp³-hybridized carbons (Fsp3) is 0.611. The first-order valence-corrected chi connectivity index (χ1v) is 8.04. The molecule has 1 aromatic rings. The van der Waals surface area contributed by atoms with Crippen molar-refractivity contribution < 1.29 is 9.53 Å². The lowest BCUT2D eigenvalue weighted by Gasteiger charge is -2.30. The molecule has 0 saturated carbocycles. The third-order valence-corrected chi connectivity index (χ3v) is 4.47. The third-order valence-electron chi connectivity index (χ3n) is 4.47. The van der Waals surface area contributed by atoms with Gasteiger partial charge in [0.1, 0.15) is 5.75 Å². The number of para-hydroxylation sites is 1. The minimum atomic E-state index is -0.414. The molecule has 1 unspecified atom stereocenters. The van der Waals surface area contributed by atoms with E-state index in [0.29, 0.717) is 12.3 Å². The van der Waals surface area contributed by atoms with Gasteiger partial charge in [-0.05, 0) is 44.0 Å². The number of halogens is 1. The van der Waals surface area contributed by atoms with Crippen molar-refractivity contribution in [2.45, 2.75) is 26.7 Å². The summed E-state index contributed by atoms with van der Waals surface area (Å²) in [4.78, 5) is 14.9. The Morgan fingerprint density at radius 2 is 2.09 bits per heavy atom. The fourth-order valence-electron chi connectivity index (χ4n) is 3.30. The molecule has 1 aliphatic rings. The molecule has 23 heavy (non-hydrogen) atoms. The summed E-state index contributed by atoms with van der Waals surface area (Å²) >= 11 is 0. The smallest absolute Gasteiger partial charge is 0.228 e. The maximum absolute atomic E-state index is 12.9. The van der Waals surface area contributed by atoms with Crippen molar-refractivity contribution in [3.8, 4) is 5.75 Å². The Morgan fingerprint density at radius 3 is 2.74 bits per heavy atom. The molecular formula is C18H29ClN2O2. The number of nitrogens with zero attached hydrogens (tertiary/aromatic N) is 1. The van der Waals surface area contributed by atoms with E-state index in [-0.39, 0.29) is 18.3 Å². The van der Waals surface area contributed by atoms with E-state index in [2.05, 4.69) is 5.32 Å². The number of hydrogen-bond acceptors (Lipinski definition) is 3. The average Bonchev–Trinajstić information content (AvgIpc) is 2.95. The number of methoxy groups -OCH3 is 1. The molecule has 1 atom stereocenters. The minimum Gasteiger partial charge on any atom is -0.496 e. The molecule has 1 heterocycles. The third kappa shape index (κ3) is 4.85. The summed E-state index contributed by atoms with van der Waals surface area (Å²) in [5, 5.41) is 3.21. The van der Waals surface area contributed by atoms with Gasteiger partial charge in [-0.2, -0.15) is 0 Å². The number of benzene rings is 1. The standard InChI is InChI=1S/C18H28N2O2.ClH/c1-18(2,11-15-7-5-6-8-16(15)22-4)17(21)20-10-9-14(13-20)12-19-3;/h5-8,14,19H,9-13H2,1-4H3;1H. The molecular weight excluding hydrogens is 312 g/mol. The van der Waals surface area contributed by atoms with Gasteiger partial charge in [-0.3, -0.25) is 4.79 Å². The summed E-state index contributed by atoms with van der Waals surface area (Å²) in [5.74, 6) is 1.69. The van der Waals surface area contributed by atoms with E-state index in [1.807, 2.05) is 50.1 Å². The van der Waals surface area contributed by atoms with Crippen LogP contribution in [0, 0.1) is 11.3 Å². The molecule has 0 radical (unpaired) electrons. The van der Waals surface area contributed by atoms with Crippen molar-refractivity contribution in [2.75, 3.05) is 33.8 Å². The Hall–Kier alpha value is -1.26. The predicted molar refractivity (Wildman–Crippen MR) is 96.3 cm³/mol. The van der Waals surface area contributed by atoms with Crippen LogP contribution in [0.4, 0.5) is 0 Å². The molecule has 1 saturated heterocycles. The lowest BCUT2D eigenvalue weighted by molar-refractivity contribution is -0.139. The summed E-state index contributed by atoms with van der Waals surface area (Å²) in [6, 6.07) is 7.95. The van der Waals surface area contributed by atoms with Gasteiger partial charge < -0.3 is 15.0 Å². The summed E-state index contributed by atoms with van der Waals surface area (Å²) < 4.78 is 5.41. The molecule has 0 aromatic heterocycles. The molecule has 1 aromatic carbocycles. The van der Waals surface area contributed by atoms with Crippen LogP contribution in [-0.4, -0.2) is 44.6 Å². The molecule has 1 fully saturated rings. The van der Waals surface area contributed by atoms with E-state index in [1.54, 1.807) is 7.11 Å². The first-order valence-electron chi connectivity index (χ1n) is 8.04. The van der Waals surface area contributed by atoms with E-state index in [0.717, 1.165) is 37.4 Å². The van der Waals surface area contributed by atoms with Crippen LogP contribution in [0.3, 0.4) is 0 Å². The molecule has 5 heteroatoms. The Bertz CT molecular complexity index is 519. The number of nitrogens with one attached hydrogen (secondary N) is 1. The molecule has 4 nitrogen and oxygen atoms in total. The monoisotopic (exact) mass is 340 g/mol. The van der Waals surface area contributed by atoms with Crippen molar-refractivity contribution in [3.63, 3.8) is 0 Å². The number of hydrogen-bond donors (Lipinski definition) is 1. The van der Waals surface area contributed by atoms with Gasteiger partial charge in [-0.1, -0.05) is 32.0 Å². The second-order valence-corrected chi connectivity index (χ2v) is 6.84. The van der Waals surface area contributed by atoms with Crippen molar-refractivity contribution in [1.82, 2.24) is 10.2 Å². The van der Waals surface area contributed by atoms with Crippen molar-refractivity contribution in [2.24, 2.45) is 11.3 Å². The Labute approximate surface area is 146 Å². The largest absolute Gasteiger partial charge is 0.496 e. The fourth-order valence-corrected chi connectivity index (χ4v) is 3.30. The number of carbonyl (C=O) groups is 1. The SMILES string of the molecule is CNCC1CCN(C(=O)C(C)(C)Cc2ccccc2OC)C1.Cl. The van der Waals surface area contributed by atoms with Crippen LogP contribution in [0.25, 0.3) is 0 Å². The zero-order chi connectivity index (χ0) is 16.2. The summed E-state index contributed by atoms with van der Waals surface area (Å²) in [5.41, 5.74) is 0.678. The van der Waals surface area contributed by atoms with Crippen LogP contribution < -0.4 is 10.1 Å². The van der Waals surface area contributed by atoms with Crippen LogP contribution in [0.5, 0.6) is 5.75 Å². The summed E-state index contributed by atoms with van der Waals surface area (Å²) in [7, 11) is 3.65. The van der Waals surface area contributed by atoms with E-state index in [4.69, 9.17) is 4.74 Å². The lowest BCUT2D eigenvalue weighted by atomic mass is 9.84. The molecule has 1 N–H and O–H groups in total. The van der Waals surface area contributed by atoms with Crippen LogP contribution >= 0.6 is 12.4 Å². The van der Waals surface area contributed by atoms with Crippen LogP contribution in [0.15, 0.2) is 24.3 Å². The highest BCUT2D eigenvalue weighted by atomic mass is 35.5. The second-order valence-electron chi connectivity index (χ2n) is 6.84. The highest BCUT2D eigenvalue weighted by Crippen LogP contribution is 2.31. The maximum Gasteiger partial charge on any atom is 0.228 e. The lowest BCUT2D eigenvalue weighted by Crippen LogP contribution is -2.41. The van der Waals surface area contributed by atoms with Crippen molar-refractivity contribution in [1.29, 1.82) is 0 Å². The van der Waals surface area contributed by atoms with Gasteiger partial charge in [0.05, 0.1) is 7.11 Å². The molecule has 130 valence electrons. The number of ether oxygens (including phenoxy) is 1. The highest BCUT2D eigenvalue weighted by Gasteiger charge is 2.36. The van der Waals surface area contributed by atoms with Gasteiger partial charge in [0.15, 0.2) is 0 Å². The van der Waals surface area contributed by atoms with E-state index < -0.39 is 5.41 Å². The second kappa shape index (κ2) is 8.55. The Balaban J connectivity index is 0.00000264. The number of amides is 1. The quantitative estimate of drug-likeness (QED) is 0.865. The van der Waals surface area contributed by atoms with Gasteiger partial charge >= 0.3 is 0 Å². The average molecular weight is 341 g/mol. The van der Waals surface area contributed by atoms with Gasteiger partial charge in [-0.15, -0.1) is 12.4 Å². The summed E-state index contributed by atoms with van der Waals surface area (Å²) in [6.07, 6.45) is 1.79. The zero-order valence-corrected chi connectivity index (χ0v) is 15.4. The van der Waals surface area contributed by atoms with E-state index in [9.17, 15) is 4.79 Å². The Morgan fingerprint density at radius 1 is 1.39 bits per heavy atom. The topological polar surface area (TPSA) is 41.6 Å². The first-order chi connectivity index (χ1) is 10.5. The molecule has 1 amide bonds. The number of rotatable bonds is 6. The molecule has 1 aliphatic heterocycles.